The first-order valence-corrected chi connectivity index (χ1v) is 6.88. The maximum absolute atomic E-state index is 5.66. The van der Waals surface area contributed by atoms with Gasteiger partial charge in [-0.15, -0.1) is 0 Å². The summed E-state index contributed by atoms with van der Waals surface area (Å²) >= 11 is 0. The molecule has 0 fully saturated rings. The molecule has 0 spiro atoms. The first kappa shape index (κ1) is 12.7. The minimum absolute atomic E-state index is 0.454. The van der Waals surface area contributed by atoms with Crippen molar-refractivity contribution in [3.8, 4) is 17.2 Å². The van der Waals surface area contributed by atoms with Gasteiger partial charge in [-0.2, -0.15) is 0 Å². The molecule has 1 heterocycles. The molecule has 20 heavy (non-hydrogen) atoms. The average Bonchev–Trinajstić information content (AvgIpc) is 2.95. The van der Waals surface area contributed by atoms with Crippen LogP contribution in [0, 0.1) is 6.39 Å². The third-order valence-electron chi connectivity index (χ3n) is 3.26. The van der Waals surface area contributed by atoms with Crippen molar-refractivity contribution in [2.24, 2.45) is 0 Å². The zero-order valence-corrected chi connectivity index (χ0v) is 11.4. The molecule has 3 rings (SSSR count). The van der Waals surface area contributed by atoms with E-state index in [2.05, 4.69) is 36.5 Å². The Labute approximate surface area is 118 Å². The molecule has 0 aliphatic rings. The Morgan fingerprint density at radius 1 is 1.15 bits per heavy atom. The van der Waals surface area contributed by atoms with E-state index in [9.17, 15) is 0 Å². The second kappa shape index (κ2) is 5.78. The molecule has 1 aromatic heterocycles. The molecular formula is C17H16NO2. The number of unbranched alkanes of at least 4 members (excludes halogenated alkanes) is 1. The van der Waals surface area contributed by atoms with Crippen molar-refractivity contribution in [1.29, 1.82) is 0 Å². The molecule has 3 aromatic rings. The van der Waals surface area contributed by atoms with E-state index >= 15 is 0 Å². The monoisotopic (exact) mass is 266 g/mol. The number of fused-ring (bicyclic) bond motifs is 1. The minimum atomic E-state index is 0.454. The van der Waals surface area contributed by atoms with Crippen LogP contribution in [0.2, 0.25) is 0 Å². The summed E-state index contributed by atoms with van der Waals surface area (Å²) in [7, 11) is 0. The normalized spacial score (nSPS) is 10.8. The molecule has 0 aliphatic carbocycles. The third kappa shape index (κ3) is 2.39. The first-order chi connectivity index (χ1) is 9.90. The maximum atomic E-state index is 5.66. The van der Waals surface area contributed by atoms with E-state index in [-0.39, 0.29) is 0 Å². The zero-order chi connectivity index (χ0) is 13.8. The van der Waals surface area contributed by atoms with E-state index in [0.29, 0.717) is 12.6 Å². The van der Waals surface area contributed by atoms with Crippen LogP contribution in [0.5, 0.6) is 5.95 Å². The van der Waals surface area contributed by atoms with Crippen LogP contribution in [-0.4, -0.2) is 11.6 Å². The minimum Gasteiger partial charge on any atom is -0.464 e. The fourth-order valence-corrected chi connectivity index (χ4v) is 2.21. The highest BCUT2D eigenvalue weighted by atomic mass is 16.6. The molecular weight excluding hydrogens is 250 g/mol. The number of rotatable bonds is 5. The van der Waals surface area contributed by atoms with E-state index in [1.807, 2.05) is 24.3 Å². The molecule has 3 nitrogen and oxygen atoms in total. The Kier molecular flexibility index (Phi) is 3.68. The summed E-state index contributed by atoms with van der Waals surface area (Å²) < 4.78 is 10.9. The number of hydrogen-bond donors (Lipinski definition) is 0. The lowest BCUT2D eigenvalue weighted by atomic mass is 10.0. The summed E-state index contributed by atoms with van der Waals surface area (Å²) in [5, 5.41) is 2.31. The summed E-state index contributed by atoms with van der Waals surface area (Å²) in [6, 6.07) is 14.3. The van der Waals surface area contributed by atoms with Gasteiger partial charge in [-0.1, -0.05) is 55.8 Å². The number of oxazole rings is 1. The first-order valence-electron chi connectivity index (χ1n) is 6.88. The number of nitrogens with zero attached hydrogens (tertiary/aromatic N) is 1. The Balaban J connectivity index is 2.01. The molecule has 0 saturated heterocycles. The van der Waals surface area contributed by atoms with E-state index < -0.39 is 0 Å². The molecule has 1 radical (unpaired) electrons. The lowest BCUT2D eigenvalue weighted by Crippen LogP contribution is -1.96. The predicted molar refractivity (Wildman–Crippen MR) is 78.7 cm³/mol. The van der Waals surface area contributed by atoms with Crippen LogP contribution in [-0.2, 0) is 0 Å². The predicted octanol–water partition coefficient (Wildman–Crippen LogP) is 4.47. The van der Waals surface area contributed by atoms with Gasteiger partial charge in [0.15, 0.2) is 5.69 Å². The van der Waals surface area contributed by atoms with Gasteiger partial charge in [-0.05, 0) is 17.2 Å². The Morgan fingerprint density at radius 3 is 2.90 bits per heavy atom. The zero-order valence-electron chi connectivity index (χ0n) is 11.4. The van der Waals surface area contributed by atoms with Gasteiger partial charge in [0.05, 0.1) is 6.61 Å². The van der Waals surface area contributed by atoms with Crippen molar-refractivity contribution in [3.63, 3.8) is 0 Å². The van der Waals surface area contributed by atoms with Gasteiger partial charge in [0.25, 0.3) is 6.39 Å². The van der Waals surface area contributed by atoms with Gasteiger partial charge in [0.1, 0.15) is 0 Å². The van der Waals surface area contributed by atoms with Gasteiger partial charge in [0.2, 0.25) is 0 Å². The highest BCUT2D eigenvalue weighted by molar-refractivity contribution is 5.96. The summed E-state index contributed by atoms with van der Waals surface area (Å²) in [5.41, 5.74) is 1.73. The van der Waals surface area contributed by atoms with Crippen LogP contribution < -0.4 is 4.74 Å². The van der Waals surface area contributed by atoms with E-state index in [4.69, 9.17) is 9.15 Å². The SMILES string of the molecule is CCCCOc1o[c]nc1-c1cccc2ccccc12. The Morgan fingerprint density at radius 2 is 2.00 bits per heavy atom. The Hall–Kier alpha value is -2.29. The fourth-order valence-electron chi connectivity index (χ4n) is 2.21. The molecule has 2 aromatic carbocycles. The maximum Gasteiger partial charge on any atom is 0.314 e. The second-order valence-electron chi connectivity index (χ2n) is 4.67. The molecule has 0 unspecified atom stereocenters. The molecule has 0 saturated carbocycles. The van der Waals surface area contributed by atoms with Crippen molar-refractivity contribution in [1.82, 2.24) is 4.98 Å². The quantitative estimate of drug-likeness (QED) is 0.639. The number of benzene rings is 2. The molecule has 0 bridgehead atoms. The lowest BCUT2D eigenvalue weighted by molar-refractivity contribution is 0.238. The lowest BCUT2D eigenvalue weighted by Gasteiger charge is -2.06. The van der Waals surface area contributed by atoms with Crippen LogP contribution in [0.4, 0.5) is 0 Å². The van der Waals surface area contributed by atoms with E-state index in [0.717, 1.165) is 29.5 Å². The van der Waals surface area contributed by atoms with Gasteiger partial charge >= 0.3 is 5.95 Å². The molecule has 0 amide bonds. The van der Waals surface area contributed by atoms with Crippen LogP contribution >= 0.6 is 0 Å². The van der Waals surface area contributed by atoms with Crippen LogP contribution in [0.1, 0.15) is 19.8 Å². The van der Waals surface area contributed by atoms with Crippen LogP contribution in [0.15, 0.2) is 46.9 Å². The standard InChI is InChI=1S/C17H16NO2/c1-2-3-11-19-17-16(18-12-20-17)15-10-6-8-13-7-4-5-9-14(13)15/h4-10H,2-3,11H2,1H3. The number of ether oxygens (including phenoxy) is 1. The van der Waals surface area contributed by atoms with Gasteiger partial charge in [0, 0.05) is 5.56 Å². The van der Waals surface area contributed by atoms with Crippen molar-refractivity contribution in [3.05, 3.63) is 48.9 Å². The summed E-state index contributed by atoms with van der Waals surface area (Å²) in [5.74, 6) is 0.454. The van der Waals surface area contributed by atoms with Crippen LogP contribution in [0.3, 0.4) is 0 Å². The van der Waals surface area contributed by atoms with E-state index in [1.165, 1.54) is 5.39 Å². The summed E-state index contributed by atoms with van der Waals surface area (Å²) in [6.45, 7) is 2.76. The van der Waals surface area contributed by atoms with Gasteiger partial charge in [-0.3, -0.25) is 0 Å². The van der Waals surface area contributed by atoms with Crippen molar-refractivity contribution < 1.29 is 9.15 Å². The molecule has 0 N–H and O–H groups in total. The van der Waals surface area contributed by atoms with Crippen molar-refractivity contribution >= 4 is 10.8 Å². The highest BCUT2D eigenvalue weighted by Gasteiger charge is 2.14. The second-order valence-corrected chi connectivity index (χ2v) is 4.67. The highest BCUT2D eigenvalue weighted by Crippen LogP contribution is 2.33. The Bertz CT molecular complexity index is 698. The largest absolute Gasteiger partial charge is 0.464 e. The average molecular weight is 266 g/mol. The molecule has 101 valence electrons. The third-order valence-corrected chi connectivity index (χ3v) is 3.26. The molecule has 3 heteroatoms. The van der Waals surface area contributed by atoms with Crippen molar-refractivity contribution in [2.75, 3.05) is 6.61 Å². The summed E-state index contributed by atoms with van der Waals surface area (Å²) in [4.78, 5) is 4.20. The molecule has 0 aliphatic heterocycles. The number of aromatic nitrogens is 1. The number of hydrogen-bond acceptors (Lipinski definition) is 3. The van der Waals surface area contributed by atoms with Gasteiger partial charge < -0.3 is 9.15 Å². The fraction of sp³-hybridized carbons (Fsp3) is 0.235. The topological polar surface area (TPSA) is 35.3 Å². The summed E-state index contributed by atoms with van der Waals surface area (Å²) in [6.07, 6.45) is 4.62. The van der Waals surface area contributed by atoms with Crippen LogP contribution in [0.25, 0.3) is 22.0 Å². The van der Waals surface area contributed by atoms with Gasteiger partial charge in [-0.25, -0.2) is 4.98 Å². The molecule has 0 atom stereocenters. The van der Waals surface area contributed by atoms with Crippen molar-refractivity contribution in [2.45, 2.75) is 19.8 Å². The van der Waals surface area contributed by atoms with E-state index in [1.54, 1.807) is 0 Å². The smallest absolute Gasteiger partial charge is 0.314 e.